The van der Waals surface area contributed by atoms with Crippen molar-refractivity contribution in [2.75, 3.05) is 19.6 Å². The average Bonchev–Trinajstić information content (AvgIpc) is 2.61. The Morgan fingerprint density at radius 2 is 1.89 bits per heavy atom. The monoisotopic (exact) mass is 421 g/mol. The summed E-state index contributed by atoms with van der Waals surface area (Å²) in [5, 5.41) is 3.01. The largest absolute Gasteiger partial charge is 0.349 e. The first-order valence-electron chi connectivity index (χ1n) is 8.88. The first-order valence-corrected chi connectivity index (χ1v) is 10.3. The van der Waals surface area contributed by atoms with Gasteiger partial charge in [-0.25, -0.2) is 12.8 Å². The molecule has 1 saturated heterocycles. The maximum atomic E-state index is 13.9. The van der Waals surface area contributed by atoms with E-state index in [4.69, 9.17) is 5.73 Å². The first kappa shape index (κ1) is 23.8. The Morgan fingerprint density at radius 3 is 2.37 bits per heavy atom. The molecule has 27 heavy (non-hydrogen) atoms. The van der Waals surface area contributed by atoms with Crippen molar-refractivity contribution >= 4 is 28.3 Å². The molecule has 1 amide bonds. The lowest BCUT2D eigenvalue weighted by molar-refractivity contribution is -0.128. The van der Waals surface area contributed by atoms with Gasteiger partial charge in [0.2, 0.25) is 15.9 Å². The molecule has 154 valence electrons. The smallest absolute Gasteiger partial charge is 0.245 e. The molecule has 1 heterocycles. The molecule has 1 unspecified atom stereocenters. The number of halogens is 2. The van der Waals surface area contributed by atoms with Crippen LogP contribution < -0.4 is 11.1 Å². The summed E-state index contributed by atoms with van der Waals surface area (Å²) in [6.07, 6.45) is 0.802. The molecular weight excluding hydrogens is 393 g/mol. The molecule has 3 N–H and O–H groups in total. The molecule has 0 aromatic heterocycles. The highest BCUT2D eigenvalue weighted by Gasteiger charge is 2.36. The van der Waals surface area contributed by atoms with Gasteiger partial charge in [-0.3, -0.25) is 4.79 Å². The Kier molecular flexibility index (Phi) is 8.22. The zero-order valence-corrected chi connectivity index (χ0v) is 17.6. The van der Waals surface area contributed by atoms with E-state index < -0.39 is 21.4 Å². The summed E-state index contributed by atoms with van der Waals surface area (Å²) in [6, 6.07) is 5.34. The lowest BCUT2D eigenvalue weighted by Gasteiger charge is -2.37. The summed E-state index contributed by atoms with van der Waals surface area (Å²) in [6.45, 7) is 6.61. The van der Waals surface area contributed by atoms with Gasteiger partial charge in [-0.05, 0) is 37.8 Å². The van der Waals surface area contributed by atoms with Crippen molar-refractivity contribution in [2.24, 2.45) is 17.6 Å². The minimum atomic E-state index is -3.89. The third kappa shape index (κ3) is 5.19. The van der Waals surface area contributed by atoms with Gasteiger partial charge in [-0.15, -0.1) is 12.4 Å². The highest BCUT2D eigenvalue weighted by atomic mass is 35.5. The van der Waals surface area contributed by atoms with Crippen molar-refractivity contribution in [2.45, 2.75) is 44.0 Å². The summed E-state index contributed by atoms with van der Waals surface area (Å²) in [7, 11) is -3.89. The van der Waals surface area contributed by atoms with Crippen molar-refractivity contribution in [3.8, 4) is 0 Å². The van der Waals surface area contributed by atoms with E-state index in [-0.39, 0.29) is 48.1 Å². The Bertz CT molecular complexity index is 752. The fourth-order valence-electron chi connectivity index (χ4n) is 2.97. The van der Waals surface area contributed by atoms with Crippen LogP contribution in [0, 0.1) is 17.7 Å². The molecule has 0 spiro atoms. The minimum Gasteiger partial charge on any atom is -0.349 e. The van der Waals surface area contributed by atoms with Gasteiger partial charge in [0.25, 0.3) is 0 Å². The zero-order chi connectivity index (χ0) is 19.5. The number of nitrogens with one attached hydrogen (secondary N) is 1. The van der Waals surface area contributed by atoms with E-state index in [9.17, 15) is 17.6 Å². The quantitative estimate of drug-likeness (QED) is 0.735. The number of carbonyl (C=O) groups is 1. The maximum absolute atomic E-state index is 13.9. The fourth-order valence-corrected chi connectivity index (χ4v) is 4.50. The fraction of sp³-hybridized carbons (Fsp3) is 0.611. The van der Waals surface area contributed by atoms with E-state index in [1.807, 2.05) is 20.8 Å². The molecule has 0 bridgehead atoms. The molecule has 1 aliphatic heterocycles. The molecule has 1 aromatic carbocycles. The van der Waals surface area contributed by atoms with E-state index >= 15 is 0 Å². The van der Waals surface area contributed by atoms with Crippen LogP contribution >= 0.6 is 12.4 Å². The standard InChI is InChI=1S/C18H28FN3O3S.ClH/c1-13(2)18(3,12-20)21-17(23)14-8-10-22(11-9-14)26(24,25)16-7-5-4-6-15(16)19;/h4-7,13-14H,8-12,20H2,1-3H3,(H,21,23);1H. The predicted octanol–water partition coefficient (Wildman–Crippen LogP) is 2.14. The molecule has 0 radical (unpaired) electrons. The van der Waals surface area contributed by atoms with E-state index in [0.717, 1.165) is 6.07 Å². The lowest BCUT2D eigenvalue weighted by atomic mass is 9.87. The molecule has 9 heteroatoms. The normalized spacial score (nSPS) is 18.6. The van der Waals surface area contributed by atoms with Crippen molar-refractivity contribution in [3.63, 3.8) is 0 Å². The van der Waals surface area contributed by atoms with Gasteiger partial charge in [-0.2, -0.15) is 4.31 Å². The number of nitrogens with zero attached hydrogens (tertiary/aromatic N) is 1. The first-order chi connectivity index (χ1) is 12.1. The molecule has 1 aliphatic rings. The molecule has 1 aromatic rings. The second-order valence-corrected chi connectivity index (χ2v) is 9.28. The van der Waals surface area contributed by atoms with E-state index in [1.165, 1.54) is 22.5 Å². The Labute approximate surface area is 167 Å². The number of sulfonamides is 1. The number of nitrogens with two attached hydrogens (primary N) is 1. The molecule has 1 atom stereocenters. The van der Waals surface area contributed by atoms with Crippen molar-refractivity contribution < 1.29 is 17.6 Å². The highest BCUT2D eigenvalue weighted by molar-refractivity contribution is 7.89. The Balaban J connectivity index is 0.00000364. The van der Waals surface area contributed by atoms with E-state index in [2.05, 4.69) is 5.32 Å². The molecule has 1 fully saturated rings. The average molecular weight is 422 g/mol. The summed E-state index contributed by atoms with van der Waals surface area (Å²) >= 11 is 0. The van der Waals surface area contributed by atoms with Crippen LogP contribution in [0.1, 0.15) is 33.6 Å². The predicted molar refractivity (Wildman–Crippen MR) is 106 cm³/mol. The van der Waals surface area contributed by atoms with Crippen LogP contribution in [-0.4, -0.2) is 43.8 Å². The van der Waals surface area contributed by atoms with Crippen LogP contribution in [0.3, 0.4) is 0 Å². The van der Waals surface area contributed by atoms with Crippen LogP contribution in [0.4, 0.5) is 4.39 Å². The maximum Gasteiger partial charge on any atom is 0.245 e. The van der Waals surface area contributed by atoms with Gasteiger partial charge in [0.15, 0.2) is 0 Å². The second-order valence-electron chi connectivity index (χ2n) is 7.37. The van der Waals surface area contributed by atoms with Crippen molar-refractivity contribution in [1.82, 2.24) is 9.62 Å². The van der Waals surface area contributed by atoms with Gasteiger partial charge in [0.1, 0.15) is 10.7 Å². The van der Waals surface area contributed by atoms with Gasteiger partial charge in [-0.1, -0.05) is 26.0 Å². The third-order valence-corrected chi connectivity index (χ3v) is 7.32. The summed E-state index contributed by atoms with van der Waals surface area (Å²) < 4.78 is 40.3. The van der Waals surface area contributed by atoms with Crippen molar-refractivity contribution in [1.29, 1.82) is 0 Å². The third-order valence-electron chi connectivity index (χ3n) is 5.39. The summed E-state index contributed by atoms with van der Waals surface area (Å²) in [4.78, 5) is 12.2. The zero-order valence-electron chi connectivity index (χ0n) is 15.9. The van der Waals surface area contributed by atoms with Gasteiger partial charge in [0, 0.05) is 25.6 Å². The minimum absolute atomic E-state index is 0. The van der Waals surface area contributed by atoms with Crippen LogP contribution in [0.2, 0.25) is 0 Å². The topological polar surface area (TPSA) is 92.5 Å². The van der Waals surface area contributed by atoms with Crippen LogP contribution in [0.5, 0.6) is 0 Å². The van der Waals surface area contributed by atoms with Gasteiger partial charge < -0.3 is 11.1 Å². The number of rotatable bonds is 6. The number of carbonyl (C=O) groups excluding carboxylic acids is 1. The Hall–Kier alpha value is -1.22. The van der Waals surface area contributed by atoms with Gasteiger partial charge >= 0.3 is 0 Å². The SMILES string of the molecule is CC(C)C(C)(CN)NC(=O)C1CCN(S(=O)(=O)c2ccccc2F)CC1.Cl. The number of piperidine rings is 1. The van der Waals surface area contributed by atoms with Crippen LogP contribution in [-0.2, 0) is 14.8 Å². The Morgan fingerprint density at radius 1 is 1.33 bits per heavy atom. The number of benzene rings is 1. The summed E-state index contributed by atoms with van der Waals surface area (Å²) in [5.41, 5.74) is 5.31. The summed E-state index contributed by atoms with van der Waals surface area (Å²) in [5.74, 6) is -0.956. The van der Waals surface area contributed by atoms with Gasteiger partial charge in [0.05, 0.1) is 5.54 Å². The number of hydrogen-bond acceptors (Lipinski definition) is 4. The highest BCUT2D eigenvalue weighted by Crippen LogP contribution is 2.26. The van der Waals surface area contributed by atoms with E-state index in [1.54, 1.807) is 0 Å². The molecule has 2 rings (SSSR count). The van der Waals surface area contributed by atoms with E-state index in [0.29, 0.717) is 19.4 Å². The molecule has 0 saturated carbocycles. The second kappa shape index (κ2) is 9.32. The molecule has 0 aliphatic carbocycles. The molecular formula is C18H29ClFN3O3S. The lowest BCUT2D eigenvalue weighted by Crippen LogP contribution is -2.57. The van der Waals surface area contributed by atoms with Crippen LogP contribution in [0.15, 0.2) is 29.2 Å². The number of hydrogen-bond donors (Lipinski definition) is 2. The number of amides is 1. The molecule has 6 nitrogen and oxygen atoms in total. The van der Waals surface area contributed by atoms with Crippen molar-refractivity contribution in [3.05, 3.63) is 30.1 Å². The van der Waals surface area contributed by atoms with Crippen LogP contribution in [0.25, 0.3) is 0 Å².